The van der Waals surface area contributed by atoms with Gasteiger partial charge >= 0.3 is 0 Å². The van der Waals surface area contributed by atoms with E-state index in [1.807, 2.05) is 0 Å². The summed E-state index contributed by atoms with van der Waals surface area (Å²) < 4.78 is 5.50. The molecule has 0 bridgehead atoms. The molecule has 14 rings (SSSR count). The molecule has 0 saturated carbocycles. The van der Waals surface area contributed by atoms with Crippen LogP contribution in [0.15, 0.2) is 146 Å². The average Bonchev–Trinajstić information content (AvgIpc) is 1.73. The molecule has 2 aliphatic heterocycles. The zero-order valence-corrected chi connectivity index (χ0v) is 55.0. The number of benzene rings is 8. The Morgan fingerprint density at radius 2 is 0.965 bits per heavy atom. The SMILES string of the molecule is CC1CCC(C)c2cc3c4c(sc3cc21)B1c2cc3c(cc2N(c2ccc(C(C)(C)C)cc2)c2cc(-n5c6cc(C(C)(C)C)ccc6c6ccc(C(C)(C)C)cc65)cc(c21)N4c1ccc(C(C)(C)C)cc1-c1ccccc1)C(C)(C)CCC3(C)C. The number of anilines is 6. The van der Waals surface area contributed by atoms with Crippen molar-refractivity contribution in [2.75, 3.05) is 9.80 Å². The van der Waals surface area contributed by atoms with Gasteiger partial charge in [-0.2, -0.15) is 0 Å². The first-order chi connectivity index (χ1) is 40.0. The summed E-state index contributed by atoms with van der Waals surface area (Å²) in [5.74, 6) is 0.998. The summed E-state index contributed by atoms with van der Waals surface area (Å²) in [6.45, 7) is 43.2. The van der Waals surface area contributed by atoms with Crippen molar-refractivity contribution in [2.24, 2.45) is 0 Å². The van der Waals surface area contributed by atoms with Crippen molar-refractivity contribution in [2.45, 2.75) is 195 Å². The predicted molar refractivity (Wildman–Crippen MR) is 372 cm³/mol. The fraction of sp³-hybridized carbons (Fsp3) is 0.375. The van der Waals surface area contributed by atoms with E-state index in [1.54, 1.807) is 5.56 Å². The lowest BCUT2D eigenvalue weighted by molar-refractivity contribution is 0.332. The van der Waals surface area contributed by atoms with Crippen LogP contribution in [0.25, 0.3) is 48.7 Å². The number of hydrogen-bond donors (Lipinski definition) is 0. The topological polar surface area (TPSA) is 11.4 Å². The van der Waals surface area contributed by atoms with Gasteiger partial charge in [0, 0.05) is 53.9 Å². The summed E-state index contributed by atoms with van der Waals surface area (Å²) in [5, 5.41) is 3.94. The Bertz CT molecular complexity index is 4310. The predicted octanol–water partition coefficient (Wildman–Crippen LogP) is 21.3. The van der Waals surface area contributed by atoms with Gasteiger partial charge in [0.15, 0.2) is 0 Å². The van der Waals surface area contributed by atoms with Crippen molar-refractivity contribution < 1.29 is 0 Å². The second kappa shape index (κ2) is 18.8. The van der Waals surface area contributed by atoms with E-state index in [0.29, 0.717) is 11.8 Å². The van der Waals surface area contributed by atoms with Crippen LogP contribution in [0.5, 0.6) is 0 Å². The van der Waals surface area contributed by atoms with Crippen molar-refractivity contribution in [1.29, 1.82) is 0 Å². The molecule has 2 aromatic heterocycles. The van der Waals surface area contributed by atoms with Crippen LogP contribution in [-0.4, -0.2) is 11.3 Å². The second-order valence-corrected chi connectivity index (χ2v) is 32.9. The lowest BCUT2D eigenvalue weighted by Gasteiger charge is -2.47. The van der Waals surface area contributed by atoms with Gasteiger partial charge in [0.2, 0.25) is 0 Å². The molecule has 0 saturated heterocycles. The molecule has 85 heavy (non-hydrogen) atoms. The van der Waals surface area contributed by atoms with Gasteiger partial charge in [0.1, 0.15) is 0 Å². The highest BCUT2D eigenvalue weighted by molar-refractivity contribution is 7.33. The van der Waals surface area contributed by atoms with E-state index < -0.39 is 0 Å². The Kier molecular flexibility index (Phi) is 12.4. The van der Waals surface area contributed by atoms with Gasteiger partial charge < -0.3 is 14.4 Å². The van der Waals surface area contributed by atoms with Gasteiger partial charge in [0.25, 0.3) is 6.71 Å². The molecule has 2 atom stereocenters. The highest BCUT2D eigenvalue weighted by Crippen LogP contribution is 2.55. The zero-order valence-electron chi connectivity index (χ0n) is 54.2. The molecular weight excluding hydrogens is 1050 g/mol. The van der Waals surface area contributed by atoms with Gasteiger partial charge in [-0.05, 0) is 198 Å². The Balaban J connectivity index is 1.20. The molecule has 8 aromatic carbocycles. The number of thiophene rings is 1. The van der Waals surface area contributed by atoms with Gasteiger partial charge in [-0.3, -0.25) is 0 Å². The van der Waals surface area contributed by atoms with E-state index in [0.717, 1.165) is 12.8 Å². The Morgan fingerprint density at radius 3 is 1.53 bits per heavy atom. The van der Waals surface area contributed by atoms with Crippen molar-refractivity contribution >= 4 is 99.8 Å². The maximum Gasteiger partial charge on any atom is 0.264 e. The fourth-order valence-electron chi connectivity index (χ4n) is 15.3. The van der Waals surface area contributed by atoms with E-state index in [4.69, 9.17) is 0 Å². The monoisotopic (exact) mass is 1130 g/mol. The average molecular weight is 1130 g/mol. The first-order valence-electron chi connectivity index (χ1n) is 32.0. The standard InChI is InChI=1S/C80H88BN3S/c1-47-24-25-48(2)59-44-71-61(43-58(47)59)73-74(85-71)81-64-45-62-63(80(17,18)37-36-79(62,15)16)46-68(64)82(54-31-26-50(27-32-54)75(3,4)5)69-41-55(83-66-39-52(77(9,10)11)28-33-56(66)57-34-29-53(40-67(57)83)78(12,13)14)42-70(72(69)81)84(73)65-35-30-51(76(6,7)8)38-60(65)49-22-20-19-21-23-49/h19-23,26-35,38-48H,24-25,36-37H2,1-18H3. The van der Waals surface area contributed by atoms with Crippen LogP contribution >= 0.6 is 11.3 Å². The van der Waals surface area contributed by atoms with Crippen molar-refractivity contribution in [3.63, 3.8) is 0 Å². The van der Waals surface area contributed by atoms with Gasteiger partial charge in [-0.25, -0.2) is 0 Å². The van der Waals surface area contributed by atoms with Crippen molar-refractivity contribution in [3.05, 3.63) is 190 Å². The Labute approximate surface area is 512 Å². The highest BCUT2D eigenvalue weighted by atomic mass is 32.1. The highest BCUT2D eigenvalue weighted by Gasteiger charge is 2.49. The summed E-state index contributed by atoms with van der Waals surface area (Å²) >= 11 is 2.07. The van der Waals surface area contributed by atoms with Crippen LogP contribution in [0.3, 0.4) is 0 Å². The summed E-state index contributed by atoms with van der Waals surface area (Å²) in [4.78, 5) is 5.50. The molecule has 10 aromatic rings. The van der Waals surface area contributed by atoms with Crippen LogP contribution in [0.2, 0.25) is 0 Å². The van der Waals surface area contributed by atoms with Gasteiger partial charge in [0.05, 0.1) is 28.1 Å². The molecule has 432 valence electrons. The quantitative estimate of drug-likeness (QED) is 0.163. The Hall–Kier alpha value is -6.82. The summed E-state index contributed by atoms with van der Waals surface area (Å²) in [7, 11) is 0. The molecule has 0 radical (unpaired) electrons. The van der Waals surface area contributed by atoms with Crippen LogP contribution < -0.4 is 25.5 Å². The maximum absolute atomic E-state index is 2.79. The summed E-state index contributed by atoms with van der Waals surface area (Å²) in [6.07, 6.45) is 4.75. The number of nitrogens with zero attached hydrogens (tertiary/aromatic N) is 3. The molecule has 3 nitrogen and oxygen atoms in total. The van der Waals surface area contributed by atoms with E-state index in [9.17, 15) is 0 Å². The number of rotatable bonds is 4. The molecule has 4 heterocycles. The molecule has 4 aliphatic rings. The smallest absolute Gasteiger partial charge is 0.264 e. The van der Waals surface area contributed by atoms with E-state index in [1.165, 1.54) is 150 Å². The molecule has 2 unspecified atom stereocenters. The van der Waals surface area contributed by atoms with Gasteiger partial charge in [-0.1, -0.05) is 203 Å². The van der Waals surface area contributed by atoms with Crippen LogP contribution in [0.1, 0.15) is 207 Å². The van der Waals surface area contributed by atoms with Crippen molar-refractivity contribution in [1.82, 2.24) is 4.57 Å². The number of hydrogen-bond acceptors (Lipinski definition) is 3. The largest absolute Gasteiger partial charge is 0.311 e. The van der Waals surface area contributed by atoms with Crippen LogP contribution in [0.4, 0.5) is 34.1 Å². The second-order valence-electron chi connectivity index (χ2n) is 31.8. The lowest BCUT2D eigenvalue weighted by Crippen LogP contribution is -2.61. The summed E-state index contributed by atoms with van der Waals surface area (Å²) in [6, 6.07) is 59.0. The third-order valence-electron chi connectivity index (χ3n) is 20.9. The minimum Gasteiger partial charge on any atom is -0.311 e. The molecule has 0 fully saturated rings. The maximum atomic E-state index is 2.79. The normalized spacial score (nSPS) is 18.2. The molecule has 0 amide bonds. The molecule has 0 N–H and O–H groups in total. The minimum absolute atomic E-state index is 0.000915. The van der Waals surface area contributed by atoms with E-state index >= 15 is 0 Å². The third kappa shape index (κ3) is 8.84. The third-order valence-corrected chi connectivity index (χ3v) is 22.1. The first kappa shape index (κ1) is 56.0. The fourth-order valence-corrected chi connectivity index (χ4v) is 16.7. The zero-order chi connectivity index (χ0) is 60.0. The number of aromatic nitrogens is 1. The molecule has 2 aliphatic carbocycles. The van der Waals surface area contributed by atoms with Crippen LogP contribution in [0, 0.1) is 0 Å². The lowest BCUT2D eigenvalue weighted by atomic mass is 9.35. The minimum atomic E-state index is -0.0666. The first-order valence-corrected chi connectivity index (χ1v) is 32.8. The Morgan fingerprint density at radius 1 is 0.459 bits per heavy atom. The number of fused-ring (bicyclic) bond motifs is 11. The summed E-state index contributed by atoms with van der Waals surface area (Å²) in [5.41, 5.74) is 27.7. The van der Waals surface area contributed by atoms with Crippen LogP contribution in [-0.2, 0) is 32.5 Å². The van der Waals surface area contributed by atoms with Crippen molar-refractivity contribution in [3.8, 4) is 16.8 Å². The molecule has 5 heteroatoms. The molecular formula is C80H88BN3S. The van der Waals surface area contributed by atoms with E-state index in [-0.39, 0.29) is 39.2 Å². The molecule has 0 spiro atoms. The van der Waals surface area contributed by atoms with E-state index in [2.05, 4.69) is 296 Å². The van der Waals surface area contributed by atoms with Gasteiger partial charge in [-0.15, -0.1) is 11.3 Å².